The smallest absolute Gasteiger partial charge is 0.276 e. The molecule has 1 atom stereocenters. The van der Waals surface area contributed by atoms with Gasteiger partial charge in [0.1, 0.15) is 5.75 Å². The Hall–Kier alpha value is -3.48. The molecular formula is C22H22N4O3. The minimum atomic E-state index is -0.354. The van der Waals surface area contributed by atoms with Crippen LogP contribution in [0.5, 0.6) is 5.75 Å². The molecule has 0 aliphatic carbocycles. The number of hydrogen-bond donors (Lipinski definition) is 1. The molecule has 0 bridgehead atoms. The van der Waals surface area contributed by atoms with E-state index in [1.165, 1.54) is 12.3 Å². The molecule has 29 heavy (non-hydrogen) atoms. The van der Waals surface area contributed by atoms with Gasteiger partial charge in [0.25, 0.3) is 11.8 Å². The summed E-state index contributed by atoms with van der Waals surface area (Å²) < 4.78 is 0. The van der Waals surface area contributed by atoms with Crippen LogP contribution in [0, 0.1) is 6.92 Å². The van der Waals surface area contributed by atoms with Gasteiger partial charge in [0, 0.05) is 37.4 Å². The lowest BCUT2D eigenvalue weighted by molar-refractivity contribution is 0.0694. The molecule has 3 aromatic rings. The lowest BCUT2D eigenvalue weighted by atomic mass is 10.1. The van der Waals surface area contributed by atoms with E-state index in [1.54, 1.807) is 22.9 Å². The number of aromatic nitrogens is 2. The molecule has 1 N–H and O–H groups in total. The topological polar surface area (TPSA) is 86.6 Å². The Morgan fingerprint density at radius 3 is 2.79 bits per heavy atom. The van der Waals surface area contributed by atoms with Crippen LogP contribution in [0.25, 0.3) is 10.9 Å². The number of likely N-dealkylation sites (N-methyl/N-ethyl adjacent to an activating group) is 1. The van der Waals surface area contributed by atoms with Crippen molar-refractivity contribution in [1.82, 2.24) is 19.8 Å². The Balaban J connectivity index is 1.54. The normalized spacial score (nSPS) is 16.2. The second-order valence-corrected chi connectivity index (χ2v) is 7.31. The Kier molecular flexibility index (Phi) is 4.88. The molecule has 1 aromatic carbocycles. The summed E-state index contributed by atoms with van der Waals surface area (Å²) in [6, 6.07) is 12.3. The lowest BCUT2D eigenvalue weighted by Gasteiger charge is -2.25. The summed E-state index contributed by atoms with van der Waals surface area (Å²) in [4.78, 5) is 37.7. The van der Waals surface area contributed by atoms with Gasteiger partial charge in [0.2, 0.25) is 0 Å². The van der Waals surface area contributed by atoms with Crippen LogP contribution in [0.4, 0.5) is 0 Å². The van der Waals surface area contributed by atoms with Gasteiger partial charge in [-0.2, -0.15) is 0 Å². The highest BCUT2D eigenvalue weighted by atomic mass is 16.3. The maximum atomic E-state index is 13.2. The van der Waals surface area contributed by atoms with Crippen molar-refractivity contribution in [3.63, 3.8) is 0 Å². The Morgan fingerprint density at radius 1 is 1.21 bits per heavy atom. The second kappa shape index (κ2) is 7.50. The van der Waals surface area contributed by atoms with Crippen LogP contribution in [0.1, 0.15) is 33.0 Å². The van der Waals surface area contributed by atoms with Crippen molar-refractivity contribution in [3.05, 3.63) is 65.6 Å². The molecule has 0 saturated carbocycles. The first-order valence-electron chi connectivity index (χ1n) is 9.52. The van der Waals surface area contributed by atoms with Gasteiger partial charge in [0.15, 0.2) is 5.69 Å². The van der Waals surface area contributed by atoms with Gasteiger partial charge >= 0.3 is 0 Å². The third-order valence-electron chi connectivity index (χ3n) is 5.38. The summed E-state index contributed by atoms with van der Waals surface area (Å²) in [5.74, 6) is -0.558. The SMILES string of the molecule is Cc1cc(C(=O)N2CCC(N(C)C(=O)c3ncccc3O)C2)c2ccccc2n1. The summed E-state index contributed by atoms with van der Waals surface area (Å²) in [5, 5.41) is 10.7. The van der Waals surface area contributed by atoms with Gasteiger partial charge in [-0.05, 0) is 37.6 Å². The molecule has 2 aromatic heterocycles. The highest BCUT2D eigenvalue weighted by molar-refractivity contribution is 6.06. The van der Waals surface area contributed by atoms with Crippen molar-refractivity contribution in [2.75, 3.05) is 20.1 Å². The summed E-state index contributed by atoms with van der Waals surface area (Å²) in [6.45, 7) is 2.87. The zero-order valence-corrected chi connectivity index (χ0v) is 16.4. The monoisotopic (exact) mass is 390 g/mol. The molecule has 3 heterocycles. The largest absolute Gasteiger partial charge is 0.505 e. The van der Waals surface area contributed by atoms with Crippen LogP contribution in [0.2, 0.25) is 0 Å². The molecule has 1 unspecified atom stereocenters. The van der Waals surface area contributed by atoms with E-state index in [1.807, 2.05) is 37.3 Å². The quantitative estimate of drug-likeness (QED) is 0.743. The number of nitrogens with zero attached hydrogens (tertiary/aromatic N) is 4. The fraction of sp³-hybridized carbons (Fsp3) is 0.273. The van der Waals surface area contributed by atoms with Crippen molar-refractivity contribution in [1.29, 1.82) is 0 Å². The van der Waals surface area contributed by atoms with E-state index in [0.717, 1.165) is 16.6 Å². The van der Waals surface area contributed by atoms with Crippen LogP contribution < -0.4 is 0 Å². The van der Waals surface area contributed by atoms with E-state index in [0.29, 0.717) is 25.1 Å². The fourth-order valence-corrected chi connectivity index (χ4v) is 3.79. The van der Waals surface area contributed by atoms with Crippen LogP contribution >= 0.6 is 0 Å². The molecule has 0 spiro atoms. The Morgan fingerprint density at radius 2 is 2.00 bits per heavy atom. The van der Waals surface area contributed by atoms with Crippen LogP contribution in [-0.4, -0.2) is 62.9 Å². The number of carbonyl (C=O) groups excluding carboxylic acids is 2. The summed E-state index contributed by atoms with van der Waals surface area (Å²) in [7, 11) is 1.68. The number of amides is 2. The van der Waals surface area contributed by atoms with Crippen molar-refractivity contribution >= 4 is 22.7 Å². The third-order valence-corrected chi connectivity index (χ3v) is 5.38. The number of para-hydroxylation sites is 1. The summed E-state index contributed by atoms with van der Waals surface area (Å²) in [6.07, 6.45) is 2.14. The maximum absolute atomic E-state index is 13.2. The van der Waals surface area contributed by atoms with Crippen LogP contribution in [0.3, 0.4) is 0 Å². The molecule has 1 saturated heterocycles. The predicted octanol–water partition coefficient (Wildman–Crippen LogP) is 2.63. The average Bonchev–Trinajstić information content (AvgIpc) is 3.22. The van der Waals surface area contributed by atoms with Gasteiger partial charge in [-0.15, -0.1) is 0 Å². The van der Waals surface area contributed by atoms with E-state index in [-0.39, 0.29) is 29.3 Å². The van der Waals surface area contributed by atoms with Gasteiger partial charge < -0.3 is 14.9 Å². The minimum Gasteiger partial charge on any atom is -0.505 e. The van der Waals surface area contributed by atoms with Gasteiger partial charge in [0.05, 0.1) is 17.1 Å². The third kappa shape index (κ3) is 3.51. The molecule has 148 valence electrons. The number of rotatable bonds is 3. The van der Waals surface area contributed by atoms with Crippen LogP contribution in [-0.2, 0) is 0 Å². The number of likely N-dealkylation sites (tertiary alicyclic amines) is 1. The molecule has 4 rings (SSSR count). The molecule has 2 amide bonds. The Labute approximate surface area is 168 Å². The number of aryl methyl sites for hydroxylation is 1. The summed E-state index contributed by atoms with van der Waals surface area (Å²) in [5.41, 5.74) is 2.24. The van der Waals surface area contributed by atoms with Crippen LogP contribution in [0.15, 0.2) is 48.7 Å². The number of carbonyl (C=O) groups is 2. The average molecular weight is 390 g/mol. The molecule has 1 aliphatic heterocycles. The standard InChI is InChI=1S/C22H22N4O3/c1-14-12-17(16-6-3-4-7-18(16)24-14)21(28)26-11-9-15(13-26)25(2)22(29)20-19(27)8-5-10-23-20/h3-8,10,12,15,27H,9,11,13H2,1-2H3. The first-order valence-corrected chi connectivity index (χ1v) is 9.52. The highest BCUT2D eigenvalue weighted by Gasteiger charge is 2.33. The van der Waals surface area contributed by atoms with Gasteiger partial charge in [-0.3, -0.25) is 14.6 Å². The molecule has 7 heteroatoms. The molecule has 0 radical (unpaired) electrons. The molecule has 1 aliphatic rings. The van der Waals surface area contributed by atoms with Crippen molar-refractivity contribution in [3.8, 4) is 5.75 Å². The molecular weight excluding hydrogens is 368 g/mol. The first-order chi connectivity index (χ1) is 14.0. The Bertz CT molecular complexity index is 1100. The molecule has 7 nitrogen and oxygen atoms in total. The van der Waals surface area contributed by atoms with Crippen molar-refractivity contribution in [2.45, 2.75) is 19.4 Å². The number of fused-ring (bicyclic) bond motifs is 1. The van der Waals surface area contributed by atoms with Crippen molar-refractivity contribution in [2.24, 2.45) is 0 Å². The zero-order valence-electron chi connectivity index (χ0n) is 16.4. The number of benzene rings is 1. The first kappa shape index (κ1) is 18.9. The summed E-state index contributed by atoms with van der Waals surface area (Å²) >= 11 is 0. The van der Waals surface area contributed by atoms with E-state index >= 15 is 0 Å². The van der Waals surface area contributed by atoms with E-state index in [2.05, 4.69) is 9.97 Å². The van der Waals surface area contributed by atoms with Crippen molar-refractivity contribution < 1.29 is 14.7 Å². The molecule has 1 fully saturated rings. The number of aromatic hydroxyl groups is 1. The minimum absolute atomic E-state index is 0.0236. The van der Waals surface area contributed by atoms with Gasteiger partial charge in [-0.25, -0.2) is 4.98 Å². The highest BCUT2D eigenvalue weighted by Crippen LogP contribution is 2.24. The maximum Gasteiger partial charge on any atom is 0.276 e. The number of pyridine rings is 2. The zero-order chi connectivity index (χ0) is 20.5. The predicted molar refractivity (Wildman–Crippen MR) is 109 cm³/mol. The fourth-order valence-electron chi connectivity index (χ4n) is 3.79. The lowest BCUT2D eigenvalue weighted by Crippen LogP contribution is -2.40. The van der Waals surface area contributed by atoms with E-state index in [9.17, 15) is 14.7 Å². The van der Waals surface area contributed by atoms with E-state index in [4.69, 9.17) is 0 Å². The number of hydrogen-bond acceptors (Lipinski definition) is 5. The van der Waals surface area contributed by atoms with Gasteiger partial charge in [-0.1, -0.05) is 18.2 Å². The second-order valence-electron chi connectivity index (χ2n) is 7.31. The van der Waals surface area contributed by atoms with E-state index < -0.39 is 0 Å².